The van der Waals surface area contributed by atoms with E-state index in [1.807, 2.05) is 13.8 Å². The van der Waals surface area contributed by atoms with Gasteiger partial charge in [0.1, 0.15) is 25.0 Å². The van der Waals surface area contributed by atoms with Crippen LogP contribution in [0.25, 0.3) is 0 Å². The van der Waals surface area contributed by atoms with E-state index in [-0.39, 0.29) is 13.0 Å². The van der Waals surface area contributed by atoms with Crippen LogP contribution in [0.1, 0.15) is 44.5 Å². The number of ether oxygens (including phenoxy) is 3. The molecule has 1 aromatic heterocycles. The summed E-state index contributed by atoms with van der Waals surface area (Å²) in [6.45, 7) is 3.63. The van der Waals surface area contributed by atoms with E-state index in [1.165, 1.54) is 16.8 Å². The zero-order valence-electron chi connectivity index (χ0n) is 18.7. The summed E-state index contributed by atoms with van der Waals surface area (Å²) in [5, 5.41) is 0. The molecule has 9 heteroatoms. The van der Waals surface area contributed by atoms with Gasteiger partial charge in [-0.1, -0.05) is 35.4 Å². The average Bonchev–Trinajstić information content (AvgIpc) is 3.20. The molecule has 9 nitrogen and oxygen atoms in total. The van der Waals surface area contributed by atoms with E-state index in [0.29, 0.717) is 11.1 Å². The molecule has 3 aromatic rings. The first-order valence-corrected chi connectivity index (χ1v) is 10.8. The second-order valence-electron chi connectivity index (χ2n) is 8.16. The molecule has 0 radical (unpaired) electrons. The monoisotopic (exact) mass is 464 g/mol. The third kappa shape index (κ3) is 5.32. The number of hydrogen-bond donors (Lipinski definition) is 1. The molecule has 1 N–H and O–H groups in total. The third-order valence-electron chi connectivity index (χ3n) is 5.55. The normalized spacial score (nSPS) is 19.5. The number of rotatable bonds is 6. The standard InChI is InChI=1S/C25H24N2O7/c1-15-3-7-17(8-4-15)23(29)32-14-20-19(34-24(30)18-9-5-16(2)6-10-18)13-22(33-20)27-12-11-21(28)26-25(27)31/h3-12,19-20,22H,13-14H2,1-2H3,(H,26,28,31)/t19-,20+,22+/m0/s1. The zero-order chi connectivity index (χ0) is 24.2. The van der Waals surface area contributed by atoms with Gasteiger partial charge in [0.15, 0.2) is 0 Å². The summed E-state index contributed by atoms with van der Waals surface area (Å²) in [5.41, 5.74) is 1.56. The van der Waals surface area contributed by atoms with Gasteiger partial charge in [0.25, 0.3) is 5.56 Å². The second-order valence-corrected chi connectivity index (χ2v) is 8.16. The molecule has 0 bridgehead atoms. The Hall–Kier alpha value is -3.98. The molecular weight excluding hydrogens is 440 g/mol. The lowest BCUT2D eigenvalue weighted by Gasteiger charge is -2.19. The number of nitrogens with zero attached hydrogens (tertiary/aromatic N) is 1. The molecule has 2 aromatic carbocycles. The first-order chi connectivity index (χ1) is 16.3. The minimum Gasteiger partial charge on any atom is -0.459 e. The summed E-state index contributed by atoms with van der Waals surface area (Å²) < 4.78 is 18.2. The van der Waals surface area contributed by atoms with E-state index >= 15 is 0 Å². The summed E-state index contributed by atoms with van der Waals surface area (Å²) >= 11 is 0. The highest BCUT2D eigenvalue weighted by Gasteiger charge is 2.40. The molecule has 1 aliphatic rings. The van der Waals surface area contributed by atoms with E-state index in [1.54, 1.807) is 48.5 Å². The quantitative estimate of drug-likeness (QED) is 0.557. The molecule has 0 unspecified atom stereocenters. The predicted octanol–water partition coefficient (Wildman–Crippen LogP) is 2.52. The van der Waals surface area contributed by atoms with Crippen LogP contribution < -0.4 is 11.2 Å². The largest absolute Gasteiger partial charge is 0.459 e. The molecular formula is C25H24N2O7. The van der Waals surface area contributed by atoms with Gasteiger partial charge in [0, 0.05) is 18.7 Å². The Morgan fingerprint density at radius 1 is 0.941 bits per heavy atom. The summed E-state index contributed by atoms with van der Waals surface area (Å²) in [7, 11) is 0. The first-order valence-electron chi connectivity index (χ1n) is 10.8. The van der Waals surface area contributed by atoms with Crippen LogP contribution in [0, 0.1) is 13.8 Å². The van der Waals surface area contributed by atoms with Gasteiger partial charge in [-0.25, -0.2) is 14.4 Å². The lowest BCUT2D eigenvalue weighted by atomic mass is 10.1. The van der Waals surface area contributed by atoms with Crippen molar-refractivity contribution in [1.29, 1.82) is 0 Å². The molecule has 0 spiro atoms. The summed E-state index contributed by atoms with van der Waals surface area (Å²) in [4.78, 5) is 51.0. The van der Waals surface area contributed by atoms with Gasteiger partial charge in [-0.05, 0) is 38.1 Å². The van der Waals surface area contributed by atoms with Crippen LogP contribution in [0.4, 0.5) is 0 Å². The minimum atomic E-state index is -0.816. The Morgan fingerprint density at radius 3 is 2.12 bits per heavy atom. The summed E-state index contributed by atoms with van der Waals surface area (Å²) in [5.74, 6) is -1.10. The number of hydrogen-bond acceptors (Lipinski definition) is 7. The summed E-state index contributed by atoms with van der Waals surface area (Å²) in [6.07, 6.45) is -0.971. The fourth-order valence-corrected chi connectivity index (χ4v) is 3.63. The molecule has 34 heavy (non-hydrogen) atoms. The fourth-order valence-electron chi connectivity index (χ4n) is 3.63. The molecule has 4 rings (SSSR count). The van der Waals surface area contributed by atoms with Crippen LogP contribution in [-0.2, 0) is 14.2 Å². The van der Waals surface area contributed by atoms with Crippen LogP contribution in [0.5, 0.6) is 0 Å². The Morgan fingerprint density at radius 2 is 1.53 bits per heavy atom. The van der Waals surface area contributed by atoms with Crippen LogP contribution >= 0.6 is 0 Å². The maximum absolute atomic E-state index is 12.7. The van der Waals surface area contributed by atoms with Crippen molar-refractivity contribution in [1.82, 2.24) is 9.55 Å². The van der Waals surface area contributed by atoms with Crippen LogP contribution in [0.15, 0.2) is 70.4 Å². The van der Waals surface area contributed by atoms with E-state index in [2.05, 4.69) is 4.98 Å². The van der Waals surface area contributed by atoms with E-state index < -0.39 is 41.6 Å². The van der Waals surface area contributed by atoms with Gasteiger partial charge < -0.3 is 14.2 Å². The number of aromatic amines is 1. The molecule has 1 aliphatic heterocycles. The van der Waals surface area contributed by atoms with E-state index in [0.717, 1.165) is 11.1 Å². The topological polar surface area (TPSA) is 117 Å². The van der Waals surface area contributed by atoms with Crippen LogP contribution in [-0.4, -0.2) is 40.3 Å². The van der Waals surface area contributed by atoms with Crippen molar-refractivity contribution >= 4 is 11.9 Å². The molecule has 2 heterocycles. The highest BCUT2D eigenvalue weighted by atomic mass is 16.6. The zero-order valence-corrected chi connectivity index (χ0v) is 18.7. The van der Waals surface area contributed by atoms with Crippen molar-refractivity contribution in [2.75, 3.05) is 6.61 Å². The van der Waals surface area contributed by atoms with Gasteiger partial charge in [-0.15, -0.1) is 0 Å². The number of carbonyl (C=O) groups is 2. The second kappa shape index (κ2) is 9.88. The van der Waals surface area contributed by atoms with Crippen molar-refractivity contribution in [2.24, 2.45) is 0 Å². The number of esters is 2. The summed E-state index contributed by atoms with van der Waals surface area (Å²) in [6, 6.07) is 15.0. The highest BCUT2D eigenvalue weighted by Crippen LogP contribution is 2.31. The van der Waals surface area contributed by atoms with Crippen LogP contribution in [0.3, 0.4) is 0 Å². The van der Waals surface area contributed by atoms with Gasteiger partial charge in [0.2, 0.25) is 0 Å². The SMILES string of the molecule is Cc1ccc(C(=O)OC[C@H]2O[C@@H](n3ccc(=O)[nH]c3=O)C[C@@H]2OC(=O)c2ccc(C)cc2)cc1. The number of carbonyl (C=O) groups excluding carboxylic acids is 2. The maximum atomic E-state index is 12.7. The van der Waals surface area contributed by atoms with Gasteiger partial charge in [0.05, 0.1) is 11.1 Å². The van der Waals surface area contributed by atoms with Gasteiger partial charge >= 0.3 is 17.6 Å². The van der Waals surface area contributed by atoms with Crippen molar-refractivity contribution < 1.29 is 23.8 Å². The van der Waals surface area contributed by atoms with Gasteiger partial charge in [-0.2, -0.15) is 0 Å². The molecule has 0 amide bonds. The third-order valence-corrected chi connectivity index (χ3v) is 5.55. The van der Waals surface area contributed by atoms with Crippen LogP contribution in [0.2, 0.25) is 0 Å². The lowest BCUT2D eigenvalue weighted by Crippen LogP contribution is -2.32. The Balaban J connectivity index is 1.51. The number of aryl methyl sites for hydroxylation is 2. The number of H-pyrrole nitrogens is 1. The lowest BCUT2D eigenvalue weighted by molar-refractivity contribution is -0.0582. The maximum Gasteiger partial charge on any atom is 0.338 e. The molecule has 1 fully saturated rings. The highest BCUT2D eigenvalue weighted by molar-refractivity contribution is 5.90. The number of nitrogens with one attached hydrogen (secondary N) is 1. The molecule has 0 saturated carbocycles. The van der Waals surface area contributed by atoms with Crippen molar-refractivity contribution in [3.63, 3.8) is 0 Å². The number of aromatic nitrogens is 2. The average molecular weight is 464 g/mol. The number of benzene rings is 2. The molecule has 3 atom stereocenters. The minimum absolute atomic E-state index is 0.135. The smallest absolute Gasteiger partial charge is 0.338 e. The Kier molecular flexibility index (Phi) is 6.74. The predicted molar refractivity (Wildman–Crippen MR) is 122 cm³/mol. The fraction of sp³-hybridized carbons (Fsp3) is 0.280. The van der Waals surface area contributed by atoms with E-state index in [4.69, 9.17) is 14.2 Å². The van der Waals surface area contributed by atoms with Gasteiger partial charge in [-0.3, -0.25) is 14.3 Å². The Labute approximate surface area is 194 Å². The first kappa shape index (κ1) is 23.2. The molecule has 1 saturated heterocycles. The van der Waals surface area contributed by atoms with E-state index in [9.17, 15) is 19.2 Å². The van der Waals surface area contributed by atoms with Crippen molar-refractivity contribution in [2.45, 2.75) is 38.7 Å². The molecule has 0 aliphatic carbocycles. The Bertz CT molecular complexity index is 1290. The van der Waals surface area contributed by atoms with Crippen molar-refractivity contribution in [3.05, 3.63) is 104 Å². The molecule has 176 valence electrons. The van der Waals surface area contributed by atoms with Crippen molar-refractivity contribution in [3.8, 4) is 0 Å².